The minimum atomic E-state index is 0. The van der Waals surface area contributed by atoms with Crippen LogP contribution in [-0.4, -0.2) is 12.0 Å². The van der Waals surface area contributed by atoms with Gasteiger partial charge in [0, 0.05) is 4.88 Å². The smallest absolute Gasteiger partial charge is 0.0900 e. The molecule has 0 aliphatic heterocycles. The first kappa shape index (κ1) is 11.0. The van der Waals surface area contributed by atoms with E-state index in [1.807, 2.05) is 18.4 Å². The summed E-state index contributed by atoms with van der Waals surface area (Å²) in [6.45, 7) is 2.09. The van der Waals surface area contributed by atoms with Crippen LogP contribution in [0.3, 0.4) is 0 Å². The van der Waals surface area contributed by atoms with Gasteiger partial charge in [-0.1, -0.05) is 0 Å². The molecule has 0 spiro atoms. The van der Waals surface area contributed by atoms with Crippen molar-refractivity contribution in [3.05, 3.63) is 15.6 Å². The number of nitrogens with one attached hydrogen (secondary N) is 1. The summed E-state index contributed by atoms with van der Waals surface area (Å²) in [5, 5.41) is 4.53. The maximum Gasteiger partial charge on any atom is 0.0900 e. The lowest BCUT2D eigenvalue weighted by Crippen LogP contribution is -2.21. The Balaban J connectivity index is 0.000000845. The van der Waals surface area contributed by atoms with Gasteiger partial charge in [0.1, 0.15) is 0 Å². The molecule has 1 unspecified atom stereocenters. The van der Waals surface area contributed by atoms with Gasteiger partial charge in [0.25, 0.3) is 0 Å². The fourth-order valence-electron chi connectivity index (χ4n) is 1.82. The standard InChI is InChI=1S/C9H14N2S.ClH/c1-6-11-9-7(10-2)4-3-5-8(9)12-6;/h7,10H,3-5H2,1-2H3;1H. The Morgan fingerprint density at radius 2 is 2.31 bits per heavy atom. The molecule has 4 heteroatoms. The highest BCUT2D eigenvalue weighted by molar-refractivity contribution is 7.11. The zero-order chi connectivity index (χ0) is 8.55. The highest BCUT2D eigenvalue weighted by atomic mass is 35.5. The average molecular weight is 219 g/mol. The first-order valence-electron chi connectivity index (χ1n) is 4.44. The van der Waals surface area contributed by atoms with Crippen molar-refractivity contribution in [2.45, 2.75) is 32.2 Å². The highest BCUT2D eigenvalue weighted by Gasteiger charge is 2.21. The summed E-state index contributed by atoms with van der Waals surface area (Å²) in [5.74, 6) is 0. The van der Waals surface area contributed by atoms with E-state index in [1.54, 1.807) is 0 Å². The van der Waals surface area contributed by atoms with Crippen LogP contribution >= 0.6 is 23.7 Å². The highest BCUT2D eigenvalue weighted by Crippen LogP contribution is 2.32. The third kappa shape index (κ3) is 2.03. The molecule has 0 fully saturated rings. The molecule has 2 nitrogen and oxygen atoms in total. The molecular weight excluding hydrogens is 204 g/mol. The number of hydrogen-bond acceptors (Lipinski definition) is 3. The fraction of sp³-hybridized carbons (Fsp3) is 0.667. The van der Waals surface area contributed by atoms with E-state index in [0.29, 0.717) is 6.04 Å². The number of aromatic nitrogens is 1. The summed E-state index contributed by atoms with van der Waals surface area (Å²) in [7, 11) is 2.02. The number of aryl methyl sites for hydroxylation is 2. The third-order valence-electron chi connectivity index (χ3n) is 2.41. The molecule has 13 heavy (non-hydrogen) atoms. The zero-order valence-electron chi connectivity index (χ0n) is 7.96. The molecule has 1 aromatic heterocycles. The molecule has 2 rings (SSSR count). The predicted molar refractivity (Wildman–Crippen MR) is 58.8 cm³/mol. The fourth-order valence-corrected chi connectivity index (χ4v) is 2.86. The molecule has 1 aromatic rings. The van der Waals surface area contributed by atoms with Crippen LogP contribution in [0.5, 0.6) is 0 Å². The molecule has 1 heterocycles. The van der Waals surface area contributed by atoms with Crippen LogP contribution in [0.4, 0.5) is 0 Å². The van der Waals surface area contributed by atoms with Gasteiger partial charge in [-0.3, -0.25) is 0 Å². The molecule has 0 aromatic carbocycles. The van der Waals surface area contributed by atoms with Gasteiger partial charge in [-0.05, 0) is 33.2 Å². The van der Waals surface area contributed by atoms with E-state index >= 15 is 0 Å². The van der Waals surface area contributed by atoms with Crippen molar-refractivity contribution < 1.29 is 0 Å². The lowest BCUT2D eigenvalue weighted by atomic mass is 9.98. The summed E-state index contributed by atoms with van der Waals surface area (Å²) >= 11 is 1.86. The first-order chi connectivity index (χ1) is 5.81. The molecule has 1 N–H and O–H groups in total. The number of thiazole rings is 1. The summed E-state index contributed by atoms with van der Waals surface area (Å²) in [4.78, 5) is 6.06. The van der Waals surface area contributed by atoms with Gasteiger partial charge in [0.05, 0.1) is 16.7 Å². The number of fused-ring (bicyclic) bond motifs is 1. The number of hydrogen-bond donors (Lipinski definition) is 1. The van der Waals surface area contributed by atoms with E-state index in [1.165, 1.54) is 34.8 Å². The van der Waals surface area contributed by atoms with E-state index in [0.717, 1.165) is 0 Å². The van der Waals surface area contributed by atoms with Gasteiger partial charge in [-0.2, -0.15) is 0 Å². The van der Waals surface area contributed by atoms with E-state index in [4.69, 9.17) is 0 Å². The van der Waals surface area contributed by atoms with E-state index in [-0.39, 0.29) is 12.4 Å². The topological polar surface area (TPSA) is 24.9 Å². The Kier molecular flexibility index (Phi) is 3.71. The van der Waals surface area contributed by atoms with Gasteiger partial charge in [-0.15, -0.1) is 23.7 Å². The molecule has 74 valence electrons. The van der Waals surface area contributed by atoms with Crippen molar-refractivity contribution in [3.63, 3.8) is 0 Å². The quantitative estimate of drug-likeness (QED) is 0.784. The van der Waals surface area contributed by atoms with Crippen LogP contribution in [-0.2, 0) is 6.42 Å². The Bertz CT molecular complexity index is 285. The minimum Gasteiger partial charge on any atom is -0.312 e. The second-order valence-corrected chi connectivity index (χ2v) is 4.56. The van der Waals surface area contributed by atoms with E-state index in [2.05, 4.69) is 17.2 Å². The van der Waals surface area contributed by atoms with Crippen molar-refractivity contribution in [1.82, 2.24) is 10.3 Å². The molecule has 0 saturated heterocycles. The SMILES string of the molecule is CNC1CCCc2sc(C)nc21.Cl. The normalized spacial score (nSPS) is 20.6. The van der Waals surface area contributed by atoms with E-state index in [9.17, 15) is 0 Å². The van der Waals surface area contributed by atoms with Crippen LogP contribution in [0.2, 0.25) is 0 Å². The molecule has 1 aliphatic carbocycles. The van der Waals surface area contributed by atoms with E-state index < -0.39 is 0 Å². The molecule has 0 bridgehead atoms. The monoisotopic (exact) mass is 218 g/mol. The Morgan fingerprint density at radius 3 is 3.00 bits per heavy atom. The van der Waals surface area contributed by atoms with Crippen molar-refractivity contribution in [1.29, 1.82) is 0 Å². The van der Waals surface area contributed by atoms with Gasteiger partial charge >= 0.3 is 0 Å². The zero-order valence-corrected chi connectivity index (χ0v) is 9.60. The molecule has 1 atom stereocenters. The van der Waals surface area contributed by atoms with Crippen molar-refractivity contribution in [2.24, 2.45) is 0 Å². The second kappa shape index (κ2) is 4.40. The van der Waals surface area contributed by atoms with Gasteiger partial charge in [-0.25, -0.2) is 4.98 Å². The molecule has 0 radical (unpaired) electrons. The molecular formula is C9H15ClN2S. The van der Waals surface area contributed by atoms with Gasteiger partial charge in [0.2, 0.25) is 0 Å². The van der Waals surface area contributed by atoms with Crippen molar-refractivity contribution in [3.8, 4) is 0 Å². The second-order valence-electron chi connectivity index (χ2n) is 3.27. The summed E-state index contributed by atoms with van der Waals surface area (Å²) < 4.78 is 0. The largest absolute Gasteiger partial charge is 0.312 e. The summed E-state index contributed by atoms with van der Waals surface area (Å²) in [6.07, 6.45) is 3.78. The maximum absolute atomic E-state index is 4.56. The van der Waals surface area contributed by atoms with Crippen molar-refractivity contribution >= 4 is 23.7 Å². The third-order valence-corrected chi connectivity index (χ3v) is 3.46. The van der Waals surface area contributed by atoms with Crippen LogP contribution in [0.1, 0.15) is 34.5 Å². The van der Waals surface area contributed by atoms with Crippen LogP contribution in [0, 0.1) is 6.92 Å². The predicted octanol–water partition coefficient (Wildman–Crippen LogP) is 2.47. The lowest BCUT2D eigenvalue weighted by molar-refractivity contribution is 0.489. The minimum absolute atomic E-state index is 0. The lowest BCUT2D eigenvalue weighted by Gasteiger charge is -2.19. The van der Waals surface area contributed by atoms with Gasteiger partial charge in [0.15, 0.2) is 0 Å². The molecule has 0 amide bonds. The number of nitrogens with zero attached hydrogens (tertiary/aromatic N) is 1. The van der Waals surface area contributed by atoms with Crippen LogP contribution in [0.25, 0.3) is 0 Å². The molecule has 1 aliphatic rings. The summed E-state index contributed by atoms with van der Waals surface area (Å²) in [6, 6.07) is 0.513. The van der Waals surface area contributed by atoms with Crippen molar-refractivity contribution in [2.75, 3.05) is 7.05 Å². The van der Waals surface area contributed by atoms with Crippen LogP contribution < -0.4 is 5.32 Å². The number of rotatable bonds is 1. The average Bonchev–Trinajstić information content (AvgIpc) is 2.44. The Hall–Kier alpha value is -0.120. The summed E-state index contributed by atoms with van der Waals surface area (Å²) in [5.41, 5.74) is 1.31. The Morgan fingerprint density at radius 1 is 1.54 bits per heavy atom. The first-order valence-corrected chi connectivity index (χ1v) is 5.26. The van der Waals surface area contributed by atoms with Gasteiger partial charge < -0.3 is 5.32 Å². The Labute approximate surface area is 89.2 Å². The number of halogens is 1. The van der Waals surface area contributed by atoms with Crippen LogP contribution in [0.15, 0.2) is 0 Å². The molecule has 0 saturated carbocycles. The maximum atomic E-state index is 4.56.